The maximum absolute atomic E-state index is 10.2. The van der Waals surface area contributed by atoms with Crippen molar-refractivity contribution in [1.29, 1.82) is 5.41 Å². The van der Waals surface area contributed by atoms with E-state index in [2.05, 4.69) is 4.98 Å². The molecule has 0 unspecified atom stereocenters. The number of nitrogens with one attached hydrogen (secondary N) is 1. The van der Waals surface area contributed by atoms with Crippen molar-refractivity contribution in [2.75, 3.05) is 6.61 Å². The highest BCUT2D eigenvalue weighted by molar-refractivity contribution is 6.03. The van der Waals surface area contributed by atoms with Gasteiger partial charge in [-0.15, -0.1) is 0 Å². The first-order valence-electron chi connectivity index (χ1n) is 5.77. The first-order chi connectivity index (χ1) is 8.13. The fourth-order valence-electron chi connectivity index (χ4n) is 1.97. The number of nitrogens with zero attached hydrogens (tertiary/aromatic N) is 1. The summed E-state index contributed by atoms with van der Waals surface area (Å²) in [5.74, 6) is 0.871. The molecular formula is C13H16N2O2. The van der Waals surface area contributed by atoms with Gasteiger partial charge in [-0.05, 0) is 32.3 Å². The summed E-state index contributed by atoms with van der Waals surface area (Å²) in [4.78, 5) is 14.5. The van der Waals surface area contributed by atoms with E-state index in [0.717, 1.165) is 29.7 Å². The van der Waals surface area contributed by atoms with E-state index in [1.807, 2.05) is 13.8 Å². The van der Waals surface area contributed by atoms with Crippen LogP contribution >= 0.6 is 0 Å². The Bertz CT molecular complexity index is 441. The van der Waals surface area contributed by atoms with Crippen molar-refractivity contribution in [3.63, 3.8) is 0 Å². The topological polar surface area (TPSA) is 63.0 Å². The van der Waals surface area contributed by atoms with Gasteiger partial charge in [-0.3, -0.25) is 4.79 Å². The van der Waals surface area contributed by atoms with Crippen LogP contribution < -0.4 is 4.74 Å². The summed E-state index contributed by atoms with van der Waals surface area (Å²) in [5, 5.41) is 8.10. The van der Waals surface area contributed by atoms with E-state index in [9.17, 15) is 4.79 Å². The van der Waals surface area contributed by atoms with Gasteiger partial charge in [0.05, 0.1) is 5.69 Å². The Labute approximate surface area is 101 Å². The molecule has 0 radical (unpaired) electrons. The summed E-state index contributed by atoms with van der Waals surface area (Å²) in [7, 11) is 0. The Morgan fingerprint density at radius 2 is 2.29 bits per heavy atom. The summed E-state index contributed by atoms with van der Waals surface area (Å²) in [6, 6.07) is 1.79. The van der Waals surface area contributed by atoms with E-state index in [4.69, 9.17) is 10.1 Å². The fraction of sp³-hybridized carbons (Fsp3) is 0.462. The number of aromatic nitrogens is 1. The summed E-state index contributed by atoms with van der Waals surface area (Å²) in [6.07, 6.45) is 2.93. The minimum absolute atomic E-state index is 0.0191. The third kappa shape index (κ3) is 2.52. The standard InChI is InChI=1S/C13H16N2O2/c1-8-7-11(17-6-5-16)15-9(2)12(8)13(14)10-3-4-10/h5,7,10,14H,3-4,6H2,1-2H3. The third-order valence-electron chi connectivity index (χ3n) is 2.93. The third-order valence-corrected chi connectivity index (χ3v) is 2.93. The average molecular weight is 232 g/mol. The number of carbonyl (C=O) groups is 1. The van der Waals surface area contributed by atoms with Gasteiger partial charge in [0.2, 0.25) is 5.88 Å². The highest BCUT2D eigenvalue weighted by atomic mass is 16.5. The predicted molar refractivity (Wildman–Crippen MR) is 64.8 cm³/mol. The molecule has 0 bridgehead atoms. The largest absolute Gasteiger partial charge is 0.470 e. The molecule has 4 nitrogen and oxygen atoms in total. The van der Waals surface area contributed by atoms with Crippen molar-refractivity contribution >= 4 is 12.0 Å². The molecule has 1 aliphatic rings. The van der Waals surface area contributed by atoms with Crippen LogP contribution in [0.1, 0.15) is 29.7 Å². The van der Waals surface area contributed by atoms with E-state index >= 15 is 0 Å². The maximum atomic E-state index is 10.2. The summed E-state index contributed by atoms with van der Waals surface area (Å²) < 4.78 is 5.18. The Balaban J connectivity index is 2.28. The molecule has 1 heterocycles. The van der Waals surface area contributed by atoms with E-state index in [1.54, 1.807) is 6.07 Å². The normalized spacial score (nSPS) is 14.5. The zero-order chi connectivity index (χ0) is 12.4. The summed E-state index contributed by atoms with van der Waals surface area (Å²) in [5.41, 5.74) is 3.43. The number of aryl methyl sites for hydroxylation is 2. The molecule has 0 atom stereocenters. The molecule has 90 valence electrons. The smallest absolute Gasteiger partial charge is 0.214 e. The van der Waals surface area contributed by atoms with Crippen molar-refractivity contribution in [1.82, 2.24) is 4.98 Å². The van der Waals surface area contributed by atoms with Gasteiger partial charge in [0.15, 0.2) is 6.29 Å². The molecule has 2 rings (SSSR count). The lowest BCUT2D eigenvalue weighted by atomic mass is 10.00. The molecule has 0 aliphatic heterocycles. The number of carbonyl (C=O) groups excluding carboxylic acids is 1. The molecule has 1 N–H and O–H groups in total. The second-order valence-electron chi connectivity index (χ2n) is 4.40. The summed E-state index contributed by atoms with van der Waals surface area (Å²) in [6.45, 7) is 3.85. The molecule has 17 heavy (non-hydrogen) atoms. The van der Waals surface area contributed by atoms with Gasteiger partial charge in [-0.25, -0.2) is 4.98 Å². The maximum Gasteiger partial charge on any atom is 0.214 e. The van der Waals surface area contributed by atoms with Crippen LogP contribution in [0.3, 0.4) is 0 Å². The molecule has 0 aromatic carbocycles. The molecule has 1 aliphatic carbocycles. The van der Waals surface area contributed by atoms with Gasteiger partial charge >= 0.3 is 0 Å². The lowest BCUT2D eigenvalue weighted by Gasteiger charge is -2.12. The summed E-state index contributed by atoms with van der Waals surface area (Å²) >= 11 is 0. The number of hydrogen-bond acceptors (Lipinski definition) is 4. The van der Waals surface area contributed by atoms with Crippen molar-refractivity contribution in [3.8, 4) is 5.88 Å². The SMILES string of the molecule is Cc1cc(OCC=O)nc(C)c1C(=N)C1CC1. The van der Waals surface area contributed by atoms with Crippen LogP contribution in [0.2, 0.25) is 0 Å². The predicted octanol–water partition coefficient (Wildman–Crippen LogP) is 2.05. The molecule has 0 amide bonds. The Hall–Kier alpha value is -1.71. The van der Waals surface area contributed by atoms with E-state index in [0.29, 0.717) is 23.8 Å². The average Bonchev–Trinajstić information content (AvgIpc) is 3.08. The van der Waals surface area contributed by atoms with E-state index in [1.165, 1.54) is 0 Å². The first kappa shape index (κ1) is 11.8. The van der Waals surface area contributed by atoms with Gasteiger partial charge in [0.25, 0.3) is 0 Å². The molecule has 0 saturated heterocycles. The minimum Gasteiger partial charge on any atom is -0.470 e. The van der Waals surface area contributed by atoms with Crippen molar-refractivity contribution < 1.29 is 9.53 Å². The quantitative estimate of drug-likeness (QED) is 0.624. The second kappa shape index (κ2) is 4.65. The molecule has 1 saturated carbocycles. The number of rotatable bonds is 5. The first-order valence-corrected chi connectivity index (χ1v) is 5.77. The zero-order valence-electron chi connectivity index (χ0n) is 10.1. The number of aldehydes is 1. The number of hydrogen-bond donors (Lipinski definition) is 1. The van der Waals surface area contributed by atoms with Crippen molar-refractivity contribution in [2.24, 2.45) is 5.92 Å². The molecular weight excluding hydrogens is 216 g/mol. The minimum atomic E-state index is 0.0191. The van der Waals surface area contributed by atoms with Crippen LogP contribution in [0.15, 0.2) is 6.07 Å². The van der Waals surface area contributed by atoms with Gasteiger partial charge in [-0.2, -0.15) is 0 Å². The van der Waals surface area contributed by atoms with Crippen LogP contribution in [0.5, 0.6) is 5.88 Å². The molecule has 0 spiro atoms. The van der Waals surface area contributed by atoms with Crippen molar-refractivity contribution in [3.05, 3.63) is 22.9 Å². The lowest BCUT2D eigenvalue weighted by Crippen LogP contribution is -2.10. The second-order valence-corrected chi connectivity index (χ2v) is 4.40. The van der Waals surface area contributed by atoms with Crippen LogP contribution in [0.4, 0.5) is 0 Å². The monoisotopic (exact) mass is 232 g/mol. The molecule has 1 fully saturated rings. The molecule has 1 aromatic heterocycles. The highest BCUT2D eigenvalue weighted by Crippen LogP contribution is 2.34. The Morgan fingerprint density at radius 1 is 1.59 bits per heavy atom. The molecule has 1 aromatic rings. The van der Waals surface area contributed by atoms with Crippen LogP contribution in [-0.4, -0.2) is 23.6 Å². The van der Waals surface area contributed by atoms with E-state index < -0.39 is 0 Å². The van der Waals surface area contributed by atoms with Gasteiger partial charge in [-0.1, -0.05) is 0 Å². The van der Waals surface area contributed by atoms with E-state index in [-0.39, 0.29) is 6.61 Å². The zero-order valence-corrected chi connectivity index (χ0v) is 10.1. The fourth-order valence-corrected chi connectivity index (χ4v) is 1.97. The molecule has 4 heteroatoms. The van der Waals surface area contributed by atoms with Crippen LogP contribution in [0, 0.1) is 25.2 Å². The lowest BCUT2D eigenvalue weighted by molar-refractivity contribution is -0.109. The highest BCUT2D eigenvalue weighted by Gasteiger charge is 2.29. The van der Waals surface area contributed by atoms with Crippen LogP contribution in [-0.2, 0) is 4.79 Å². The Kier molecular flexibility index (Phi) is 3.22. The van der Waals surface area contributed by atoms with Crippen LogP contribution in [0.25, 0.3) is 0 Å². The Morgan fingerprint density at radius 3 is 2.82 bits per heavy atom. The number of pyridine rings is 1. The van der Waals surface area contributed by atoms with Gasteiger partial charge in [0.1, 0.15) is 6.61 Å². The van der Waals surface area contributed by atoms with Gasteiger partial charge in [0, 0.05) is 23.3 Å². The number of ether oxygens (including phenoxy) is 1. The van der Waals surface area contributed by atoms with Gasteiger partial charge < -0.3 is 10.1 Å². The van der Waals surface area contributed by atoms with Crippen molar-refractivity contribution in [2.45, 2.75) is 26.7 Å².